The Bertz CT molecular complexity index is 271. The summed E-state index contributed by atoms with van der Waals surface area (Å²) in [6.07, 6.45) is 0.514. The van der Waals surface area contributed by atoms with Gasteiger partial charge < -0.3 is 10.8 Å². The molecule has 7 nitrogen and oxygen atoms in total. The summed E-state index contributed by atoms with van der Waals surface area (Å²) >= 11 is 0. The first kappa shape index (κ1) is 8.60. The van der Waals surface area contributed by atoms with Gasteiger partial charge in [0.05, 0.1) is 0 Å². The highest BCUT2D eigenvalue weighted by Gasteiger charge is 2.04. The highest BCUT2D eigenvalue weighted by Crippen LogP contribution is 1.86. The van der Waals surface area contributed by atoms with Crippen LogP contribution in [0.1, 0.15) is 5.82 Å². The van der Waals surface area contributed by atoms with Gasteiger partial charge in [0, 0.05) is 6.42 Å². The maximum Gasteiger partial charge on any atom is 0.327 e. The maximum absolute atomic E-state index is 10.2. The number of aromatic nitrogens is 4. The van der Waals surface area contributed by atoms with E-state index in [9.17, 15) is 4.79 Å². The third-order valence-electron chi connectivity index (χ3n) is 1.14. The molecule has 0 radical (unpaired) electrons. The molecule has 12 heavy (non-hydrogen) atoms. The minimum Gasteiger partial charge on any atom is -0.480 e. The standard InChI is InChI=1S/C5H9N5O2/c6-2-1-4-7-9-10(8-4)3-5(11)12/h1-3,6H2,(H,11,12). The number of aliphatic carboxylic acids is 1. The molecule has 0 atom stereocenters. The van der Waals surface area contributed by atoms with Gasteiger partial charge in [0.25, 0.3) is 0 Å². The van der Waals surface area contributed by atoms with Gasteiger partial charge in [-0.15, -0.1) is 10.2 Å². The van der Waals surface area contributed by atoms with Crippen LogP contribution in [0.2, 0.25) is 0 Å². The first-order valence-electron chi connectivity index (χ1n) is 3.41. The van der Waals surface area contributed by atoms with Crippen molar-refractivity contribution in [2.24, 2.45) is 5.73 Å². The second-order valence-corrected chi connectivity index (χ2v) is 2.17. The fourth-order valence-corrected chi connectivity index (χ4v) is 0.694. The molecule has 0 amide bonds. The van der Waals surface area contributed by atoms with Crippen molar-refractivity contribution in [2.45, 2.75) is 13.0 Å². The molecule has 7 heteroatoms. The monoisotopic (exact) mass is 171 g/mol. The molecule has 0 aromatic carbocycles. The second-order valence-electron chi connectivity index (χ2n) is 2.17. The Balaban J connectivity index is 2.58. The number of nitrogens with two attached hydrogens (primary N) is 1. The van der Waals surface area contributed by atoms with Crippen LogP contribution in [0, 0.1) is 0 Å². The van der Waals surface area contributed by atoms with E-state index in [2.05, 4.69) is 15.4 Å². The van der Waals surface area contributed by atoms with Crippen molar-refractivity contribution in [3.63, 3.8) is 0 Å². The number of nitrogens with zero attached hydrogens (tertiary/aromatic N) is 4. The van der Waals surface area contributed by atoms with Crippen LogP contribution in [0.3, 0.4) is 0 Å². The molecular formula is C5H9N5O2. The van der Waals surface area contributed by atoms with E-state index in [1.807, 2.05) is 0 Å². The summed E-state index contributed by atoms with van der Waals surface area (Å²) in [5, 5.41) is 19.2. The Morgan fingerprint density at radius 2 is 2.42 bits per heavy atom. The average molecular weight is 171 g/mol. The average Bonchev–Trinajstić information content (AvgIpc) is 2.36. The Morgan fingerprint density at radius 3 is 3.00 bits per heavy atom. The normalized spacial score (nSPS) is 10.1. The van der Waals surface area contributed by atoms with Crippen molar-refractivity contribution in [1.29, 1.82) is 0 Å². The molecule has 1 heterocycles. The van der Waals surface area contributed by atoms with E-state index in [1.165, 1.54) is 0 Å². The molecule has 0 bridgehead atoms. The van der Waals surface area contributed by atoms with Crippen LogP contribution in [0.4, 0.5) is 0 Å². The van der Waals surface area contributed by atoms with Crippen LogP contribution < -0.4 is 5.73 Å². The lowest BCUT2D eigenvalue weighted by Gasteiger charge is -1.89. The van der Waals surface area contributed by atoms with E-state index in [0.717, 1.165) is 4.80 Å². The van der Waals surface area contributed by atoms with E-state index in [-0.39, 0.29) is 6.54 Å². The summed E-state index contributed by atoms with van der Waals surface area (Å²) in [6.45, 7) is 0.163. The van der Waals surface area contributed by atoms with Gasteiger partial charge in [-0.1, -0.05) is 0 Å². The van der Waals surface area contributed by atoms with E-state index in [0.29, 0.717) is 18.8 Å². The number of hydrogen-bond acceptors (Lipinski definition) is 5. The molecule has 0 unspecified atom stereocenters. The number of tetrazole rings is 1. The summed E-state index contributed by atoms with van der Waals surface area (Å²) in [4.78, 5) is 11.2. The Labute approximate surface area is 68.2 Å². The summed E-state index contributed by atoms with van der Waals surface area (Å²) < 4.78 is 0. The van der Waals surface area contributed by atoms with Crippen molar-refractivity contribution in [3.05, 3.63) is 5.82 Å². The number of carboxylic acid groups (broad SMARTS) is 1. The van der Waals surface area contributed by atoms with E-state index in [4.69, 9.17) is 10.8 Å². The lowest BCUT2D eigenvalue weighted by Crippen LogP contribution is -2.12. The topological polar surface area (TPSA) is 107 Å². The number of rotatable bonds is 4. The summed E-state index contributed by atoms with van der Waals surface area (Å²) in [5.41, 5.74) is 5.24. The molecule has 66 valence electrons. The molecule has 0 saturated heterocycles. The van der Waals surface area contributed by atoms with E-state index in [1.54, 1.807) is 0 Å². The van der Waals surface area contributed by atoms with Gasteiger partial charge >= 0.3 is 5.97 Å². The van der Waals surface area contributed by atoms with Gasteiger partial charge in [0.1, 0.15) is 0 Å². The molecule has 1 rings (SSSR count). The highest BCUT2D eigenvalue weighted by atomic mass is 16.4. The maximum atomic E-state index is 10.2. The first-order valence-corrected chi connectivity index (χ1v) is 3.41. The zero-order valence-electron chi connectivity index (χ0n) is 6.34. The van der Waals surface area contributed by atoms with Gasteiger partial charge in [-0.3, -0.25) is 4.79 Å². The van der Waals surface area contributed by atoms with Crippen LogP contribution in [0.15, 0.2) is 0 Å². The predicted molar refractivity (Wildman–Crippen MR) is 38.2 cm³/mol. The lowest BCUT2D eigenvalue weighted by atomic mass is 10.4. The van der Waals surface area contributed by atoms with Gasteiger partial charge in [0.15, 0.2) is 12.4 Å². The van der Waals surface area contributed by atoms with Gasteiger partial charge in [-0.2, -0.15) is 4.80 Å². The Kier molecular flexibility index (Phi) is 2.70. The largest absolute Gasteiger partial charge is 0.480 e. The molecule has 0 spiro atoms. The summed E-state index contributed by atoms with van der Waals surface area (Å²) in [5.74, 6) is -0.523. The quantitative estimate of drug-likeness (QED) is 0.556. The molecule has 1 aromatic heterocycles. The molecule has 0 aliphatic rings. The first-order chi connectivity index (χ1) is 5.72. The molecule has 1 aromatic rings. The minimum atomic E-state index is -0.994. The van der Waals surface area contributed by atoms with Crippen LogP contribution in [0.5, 0.6) is 0 Å². The molecular weight excluding hydrogens is 162 g/mol. The lowest BCUT2D eigenvalue weighted by molar-refractivity contribution is -0.138. The Morgan fingerprint density at radius 1 is 1.67 bits per heavy atom. The minimum absolute atomic E-state index is 0.266. The third-order valence-corrected chi connectivity index (χ3v) is 1.14. The number of hydrogen-bond donors (Lipinski definition) is 2. The van der Waals surface area contributed by atoms with Crippen molar-refractivity contribution < 1.29 is 9.90 Å². The van der Waals surface area contributed by atoms with Crippen molar-refractivity contribution in [2.75, 3.05) is 6.54 Å². The number of carbonyl (C=O) groups is 1. The van der Waals surface area contributed by atoms with Gasteiger partial charge in [0.2, 0.25) is 0 Å². The van der Waals surface area contributed by atoms with Crippen LogP contribution in [-0.2, 0) is 17.8 Å². The highest BCUT2D eigenvalue weighted by molar-refractivity contribution is 5.66. The SMILES string of the molecule is NCCc1nnn(CC(=O)O)n1. The zero-order chi connectivity index (χ0) is 8.97. The fourth-order valence-electron chi connectivity index (χ4n) is 0.694. The van der Waals surface area contributed by atoms with Crippen LogP contribution >= 0.6 is 0 Å². The summed E-state index contributed by atoms with van der Waals surface area (Å²) in [6, 6.07) is 0. The third kappa shape index (κ3) is 2.27. The van der Waals surface area contributed by atoms with Crippen molar-refractivity contribution in [1.82, 2.24) is 20.2 Å². The number of carboxylic acids is 1. The molecule has 3 N–H and O–H groups in total. The second kappa shape index (κ2) is 3.77. The Hall–Kier alpha value is -1.50. The smallest absolute Gasteiger partial charge is 0.327 e. The van der Waals surface area contributed by atoms with E-state index >= 15 is 0 Å². The van der Waals surface area contributed by atoms with Crippen LogP contribution in [0.25, 0.3) is 0 Å². The molecule has 0 saturated carbocycles. The van der Waals surface area contributed by atoms with Crippen LogP contribution in [-0.4, -0.2) is 37.8 Å². The van der Waals surface area contributed by atoms with Gasteiger partial charge in [-0.05, 0) is 11.8 Å². The van der Waals surface area contributed by atoms with E-state index < -0.39 is 5.97 Å². The molecule has 0 aliphatic carbocycles. The zero-order valence-corrected chi connectivity index (χ0v) is 6.34. The van der Waals surface area contributed by atoms with Crippen molar-refractivity contribution >= 4 is 5.97 Å². The fraction of sp³-hybridized carbons (Fsp3) is 0.600. The summed E-state index contributed by atoms with van der Waals surface area (Å²) in [7, 11) is 0. The molecule has 0 fully saturated rings. The molecule has 0 aliphatic heterocycles. The van der Waals surface area contributed by atoms with Crippen molar-refractivity contribution in [3.8, 4) is 0 Å². The van der Waals surface area contributed by atoms with Gasteiger partial charge in [-0.25, -0.2) is 0 Å². The predicted octanol–water partition coefficient (Wildman–Crippen LogP) is -1.74.